The van der Waals surface area contributed by atoms with E-state index in [0.29, 0.717) is 6.61 Å². The average molecular weight is 870 g/mol. The minimum absolute atomic E-state index is 0.0272. The van der Waals surface area contributed by atoms with Gasteiger partial charge in [0.2, 0.25) is 0 Å². The van der Waals surface area contributed by atoms with Gasteiger partial charge in [0.25, 0.3) is 0 Å². The van der Waals surface area contributed by atoms with Gasteiger partial charge in [-0.2, -0.15) is 0 Å². The Morgan fingerprint density at radius 2 is 0.952 bits per heavy atom. The van der Waals surface area contributed by atoms with Gasteiger partial charge in [-0.3, -0.25) is 0 Å². The molecule has 7 rings (SSSR count). The van der Waals surface area contributed by atoms with Gasteiger partial charge >= 0.3 is 6.09 Å². The minimum atomic E-state index is -4.13. The first-order valence-electron chi connectivity index (χ1n) is 21.3. The van der Waals surface area contributed by atoms with E-state index in [1.54, 1.807) is 24.3 Å². The van der Waals surface area contributed by atoms with E-state index in [2.05, 4.69) is 5.32 Å². The molecule has 328 valence electrons. The Bertz CT molecular complexity index is 2360. The number of amides is 1. The highest BCUT2D eigenvalue weighted by molar-refractivity contribution is 7.92. The summed E-state index contributed by atoms with van der Waals surface area (Å²) in [4.78, 5) is 13.5. The molecule has 1 fully saturated rings. The van der Waals surface area contributed by atoms with E-state index < -0.39 is 51.8 Å². The van der Waals surface area contributed by atoms with E-state index in [0.717, 1.165) is 33.4 Å². The number of aryl methyl sites for hydroxylation is 1. The van der Waals surface area contributed by atoms with Crippen molar-refractivity contribution in [3.63, 3.8) is 0 Å². The Kier molecular flexibility index (Phi) is 16.7. The molecule has 0 radical (unpaired) electrons. The van der Waals surface area contributed by atoms with Crippen molar-refractivity contribution in [3.8, 4) is 0 Å². The molecule has 0 aliphatic carbocycles. The molecule has 1 aliphatic rings. The van der Waals surface area contributed by atoms with Crippen molar-refractivity contribution in [2.24, 2.45) is 0 Å². The number of ether oxygens (including phenoxy) is 6. The summed E-state index contributed by atoms with van der Waals surface area (Å²) in [5, 5.41) is 1.33. The van der Waals surface area contributed by atoms with Gasteiger partial charge in [0, 0.05) is 0 Å². The summed E-state index contributed by atoms with van der Waals surface area (Å²) in [6, 6.07) is 55.3. The van der Waals surface area contributed by atoms with E-state index in [1.165, 1.54) is 0 Å². The van der Waals surface area contributed by atoms with E-state index in [1.807, 2.05) is 159 Å². The molecule has 6 aromatic carbocycles. The van der Waals surface area contributed by atoms with Crippen LogP contribution in [0.1, 0.15) is 46.2 Å². The molecule has 11 heteroatoms. The van der Waals surface area contributed by atoms with Gasteiger partial charge in [-0.15, -0.1) is 0 Å². The van der Waals surface area contributed by atoms with Gasteiger partial charge in [-0.25, -0.2) is 13.2 Å². The number of rotatable bonds is 21. The molecule has 1 saturated heterocycles. The lowest BCUT2D eigenvalue weighted by molar-refractivity contribution is -0.273. The van der Waals surface area contributed by atoms with Crippen LogP contribution in [0.5, 0.6) is 0 Å². The molecule has 0 saturated carbocycles. The van der Waals surface area contributed by atoms with E-state index in [-0.39, 0.29) is 50.8 Å². The number of carbonyl (C=O) groups excluding carboxylic acids is 1. The monoisotopic (exact) mass is 869 g/mol. The smallest absolute Gasteiger partial charge is 0.408 e. The fraction of sp³-hybridized carbons (Fsp3) is 0.288. The second-order valence-electron chi connectivity index (χ2n) is 15.6. The highest BCUT2D eigenvalue weighted by atomic mass is 32.2. The maximum atomic E-state index is 14.4. The average Bonchev–Trinajstić information content (AvgIpc) is 3.32. The maximum Gasteiger partial charge on any atom is 0.408 e. The normalized spacial score (nSPS) is 19.2. The standard InChI is InChI=1S/C52H55NO9S/c1-39-27-29-45(30-28-39)63(55,56)48(53-52(54)61-37-44-25-15-6-16-26-44)32-31-46-49(58-34-41-19-9-3-10-20-41)51(60-36-43-23-13-5-14-24-43)50(59-35-42-21-11-4-12-22-42)47(62-46)38-57-33-40-17-7-2-8-18-40/h2-30,46-51H,31-38H2,1H3,(H,53,54)/t46-,47-,48?,49-,50-,51-/m1/s1. The van der Waals surface area contributed by atoms with Gasteiger partial charge < -0.3 is 33.7 Å². The predicted octanol–water partition coefficient (Wildman–Crippen LogP) is 9.54. The molecule has 0 aromatic heterocycles. The fourth-order valence-electron chi connectivity index (χ4n) is 7.53. The Balaban J connectivity index is 1.21. The van der Waals surface area contributed by atoms with Gasteiger partial charge in [-0.1, -0.05) is 169 Å². The summed E-state index contributed by atoms with van der Waals surface area (Å²) in [5.41, 5.74) is 5.55. The molecule has 1 amide bonds. The van der Waals surface area contributed by atoms with Crippen molar-refractivity contribution in [2.45, 2.75) is 93.6 Å². The molecule has 1 heterocycles. The second kappa shape index (κ2) is 23.1. The highest BCUT2D eigenvalue weighted by Crippen LogP contribution is 2.34. The zero-order valence-corrected chi connectivity index (χ0v) is 36.3. The first-order chi connectivity index (χ1) is 30.8. The van der Waals surface area contributed by atoms with Crippen LogP contribution in [0, 0.1) is 6.92 Å². The van der Waals surface area contributed by atoms with Crippen molar-refractivity contribution < 1.29 is 41.6 Å². The first-order valence-corrected chi connectivity index (χ1v) is 22.9. The lowest BCUT2D eigenvalue weighted by Gasteiger charge is -2.46. The molecular weight excluding hydrogens is 815 g/mol. The Hall–Kier alpha value is -5.66. The Morgan fingerprint density at radius 1 is 0.540 bits per heavy atom. The highest BCUT2D eigenvalue weighted by Gasteiger charge is 2.49. The van der Waals surface area contributed by atoms with E-state index >= 15 is 0 Å². The van der Waals surface area contributed by atoms with Gasteiger partial charge in [0.1, 0.15) is 36.4 Å². The lowest BCUT2D eigenvalue weighted by atomic mass is 9.91. The zero-order chi connectivity index (χ0) is 43.7. The quantitative estimate of drug-likeness (QED) is 0.0755. The number of hydrogen-bond donors (Lipinski definition) is 1. The molecule has 10 nitrogen and oxygen atoms in total. The second-order valence-corrected chi connectivity index (χ2v) is 17.8. The Morgan fingerprint density at radius 3 is 1.43 bits per heavy atom. The zero-order valence-electron chi connectivity index (χ0n) is 35.4. The van der Waals surface area contributed by atoms with Gasteiger partial charge in [0.05, 0.1) is 44.0 Å². The van der Waals surface area contributed by atoms with Crippen molar-refractivity contribution in [3.05, 3.63) is 209 Å². The largest absolute Gasteiger partial charge is 0.445 e. The van der Waals surface area contributed by atoms with E-state index in [9.17, 15) is 13.2 Å². The van der Waals surface area contributed by atoms with Crippen LogP contribution < -0.4 is 5.32 Å². The van der Waals surface area contributed by atoms with E-state index in [4.69, 9.17) is 28.4 Å². The number of hydrogen-bond acceptors (Lipinski definition) is 9. The maximum absolute atomic E-state index is 14.4. The molecule has 0 spiro atoms. The fourth-order valence-corrected chi connectivity index (χ4v) is 9.07. The summed E-state index contributed by atoms with van der Waals surface area (Å²) in [6.45, 7) is 3.11. The molecule has 1 unspecified atom stereocenters. The Labute approximate surface area is 371 Å². The SMILES string of the molecule is Cc1ccc(S(=O)(=O)C(CC[C@H]2O[C@H](COCc3ccccc3)[C@@H](OCc3ccccc3)[C@H](OCc3ccccc3)[C@@H]2OCc2ccccc2)NC(=O)OCc2ccccc2)cc1. The van der Waals surface area contributed by atoms with Gasteiger partial charge in [0.15, 0.2) is 9.84 Å². The number of nitrogens with one attached hydrogen (secondary N) is 1. The molecule has 0 bridgehead atoms. The summed E-state index contributed by atoms with van der Waals surface area (Å²) >= 11 is 0. The lowest BCUT2D eigenvalue weighted by Crippen LogP contribution is -2.61. The van der Waals surface area contributed by atoms with Crippen molar-refractivity contribution in [2.75, 3.05) is 6.61 Å². The van der Waals surface area contributed by atoms with Crippen LogP contribution >= 0.6 is 0 Å². The molecule has 1 N–H and O–H groups in total. The summed E-state index contributed by atoms with van der Waals surface area (Å²) in [7, 11) is -4.13. The van der Waals surface area contributed by atoms with Crippen molar-refractivity contribution >= 4 is 15.9 Å². The minimum Gasteiger partial charge on any atom is -0.445 e. The molecular formula is C52H55NO9S. The third kappa shape index (κ3) is 13.4. The van der Waals surface area contributed by atoms with Crippen LogP contribution in [-0.2, 0) is 71.3 Å². The molecule has 6 atom stereocenters. The van der Waals surface area contributed by atoms with Crippen LogP contribution in [0.3, 0.4) is 0 Å². The molecule has 1 aliphatic heterocycles. The predicted molar refractivity (Wildman–Crippen MR) is 241 cm³/mol. The first kappa shape index (κ1) is 45.4. The summed E-state index contributed by atoms with van der Waals surface area (Å²) in [5.74, 6) is 0. The van der Waals surface area contributed by atoms with Crippen LogP contribution in [0.2, 0.25) is 0 Å². The van der Waals surface area contributed by atoms with Crippen LogP contribution in [-0.4, -0.2) is 57.0 Å². The summed E-state index contributed by atoms with van der Waals surface area (Å²) in [6.07, 6.45) is -4.23. The van der Waals surface area contributed by atoms with Crippen LogP contribution in [0.25, 0.3) is 0 Å². The third-order valence-electron chi connectivity index (χ3n) is 10.9. The van der Waals surface area contributed by atoms with Crippen LogP contribution in [0.15, 0.2) is 181 Å². The molecule has 63 heavy (non-hydrogen) atoms. The number of carbonyl (C=O) groups is 1. The van der Waals surface area contributed by atoms with Crippen molar-refractivity contribution in [1.82, 2.24) is 5.32 Å². The number of sulfone groups is 1. The van der Waals surface area contributed by atoms with Gasteiger partial charge in [-0.05, 0) is 59.7 Å². The summed E-state index contributed by atoms with van der Waals surface area (Å²) < 4.78 is 68.3. The number of alkyl carbamates (subject to hydrolysis) is 1. The number of benzene rings is 6. The third-order valence-corrected chi connectivity index (χ3v) is 12.9. The molecule has 6 aromatic rings. The van der Waals surface area contributed by atoms with Crippen molar-refractivity contribution in [1.29, 1.82) is 0 Å². The van der Waals surface area contributed by atoms with Crippen LogP contribution in [0.4, 0.5) is 4.79 Å². The topological polar surface area (TPSA) is 119 Å².